The number of anilines is 1. The summed E-state index contributed by atoms with van der Waals surface area (Å²) in [5.41, 5.74) is 2.52. The number of likely N-dealkylation sites (tertiary alicyclic amines) is 1. The summed E-state index contributed by atoms with van der Waals surface area (Å²) in [6.45, 7) is 5.27. The van der Waals surface area contributed by atoms with Crippen LogP contribution in [0.25, 0.3) is 5.69 Å². The Kier molecular flexibility index (Phi) is 8.49. The fraction of sp³-hybridized carbons (Fsp3) is 0.452. The fourth-order valence-electron chi connectivity index (χ4n) is 5.52. The molecule has 218 valence electrons. The Labute approximate surface area is 237 Å². The maximum atomic E-state index is 13.7. The minimum Gasteiger partial charge on any atom is -0.358 e. The van der Waals surface area contributed by atoms with Crippen molar-refractivity contribution in [2.24, 2.45) is 11.8 Å². The summed E-state index contributed by atoms with van der Waals surface area (Å²) in [7, 11) is 0. The van der Waals surface area contributed by atoms with Gasteiger partial charge < -0.3 is 15.5 Å². The molecular weight excluding hydrogens is 531 g/mol. The number of hydrogen-bond donors (Lipinski definition) is 2. The molecule has 2 heterocycles. The average molecular weight is 568 g/mol. The number of carbonyl (C=O) groups is 1. The minimum atomic E-state index is -4.15. The van der Waals surface area contributed by atoms with Gasteiger partial charge in [0.05, 0.1) is 17.6 Å². The van der Waals surface area contributed by atoms with Gasteiger partial charge in [-0.1, -0.05) is 43.3 Å². The van der Waals surface area contributed by atoms with E-state index in [2.05, 4.69) is 20.5 Å². The molecule has 2 fully saturated rings. The average Bonchev–Trinajstić information content (AvgIpc) is 3.77. The number of amides is 1. The molecule has 0 spiro atoms. The molecule has 0 bridgehead atoms. The van der Waals surface area contributed by atoms with E-state index in [-0.39, 0.29) is 48.1 Å². The van der Waals surface area contributed by atoms with Crippen LogP contribution in [0.4, 0.5) is 19.0 Å². The minimum absolute atomic E-state index is 0.0362. The van der Waals surface area contributed by atoms with Crippen LogP contribution >= 0.6 is 0 Å². The second-order valence-electron chi connectivity index (χ2n) is 11.3. The maximum absolute atomic E-state index is 13.7. The third-order valence-corrected chi connectivity index (χ3v) is 8.10. The van der Waals surface area contributed by atoms with Crippen LogP contribution in [0, 0.1) is 18.8 Å². The first-order chi connectivity index (χ1) is 19.6. The standard InChI is InChI=1S/C31H36F3N5O2/c1-20-8-9-23(29(40)36-25-10-11-25)18-26(20)39-17-14-35-28(30(39)41)37-27(22-6-4-3-5-7-22)21(2)19-38-15-12-24(13-16-38)31(32,33)34/h3-9,14,17-18,21,24-25,27H,10-13,15-16,19H2,1-2H3,(H,35,37)(H,36,40)/t21-,27-/m1/s1. The van der Waals surface area contributed by atoms with Crippen molar-refractivity contribution in [2.45, 2.75) is 57.8 Å². The number of alkyl halides is 3. The van der Waals surface area contributed by atoms with Crippen LogP contribution in [-0.4, -0.2) is 52.2 Å². The Balaban J connectivity index is 1.38. The zero-order valence-corrected chi connectivity index (χ0v) is 23.3. The van der Waals surface area contributed by atoms with Crippen molar-refractivity contribution < 1.29 is 18.0 Å². The number of nitrogens with zero attached hydrogens (tertiary/aromatic N) is 3. The normalized spacial score (nSPS) is 18.1. The lowest BCUT2D eigenvalue weighted by Crippen LogP contribution is -2.42. The molecule has 5 rings (SSSR count). The molecule has 10 heteroatoms. The summed E-state index contributed by atoms with van der Waals surface area (Å²) in [6.07, 6.45) is 1.15. The number of aromatic nitrogens is 2. The highest BCUT2D eigenvalue weighted by Gasteiger charge is 2.41. The van der Waals surface area contributed by atoms with Gasteiger partial charge in [0.1, 0.15) is 0 Å². The van der Waals surface area contributed by atoms with E-state index in [1.165, 1.54) is 4.57 Å². The number of aryl methyl sites for hydroxylation is 1. The number of rotatable bonds is 9. The Hall–Kier alpha value is -3.66. The molecule has 41 heavy (non-hydrogen) atoms. The van der Waals surface area contributed by atoms with Gasteiger partial charge in [-0.25, -0.2) is 4.98 Å². The first-order valence-corrected chi connectivity index (χ1v) is 14.2. The molecule has 1 saturated heterocycles. The molecule has 0 unspecified atom stereocenters. The van der Waals surface area contributed by atoms with Crippen molar-refractivity contribution in [3.05, 3.63) is 88.0 Å². The van der Waals surface area contributed by atoms with Gasteiger partial charge in [0.15, 0.2) is 5.82 Å². The van der Waals surface area contributed by atoms with Crippen molar-refractivity contribution >= 4 is 11.7 Å². The van der Waals surface area contributed by atoms with Crippen molar-refractivity contribution in [3.8, 4) is 5.69 Å². The van der Waals surface area contributed by atoms with Gasteiger partial charge in [0, 0.05) is 30.5 Å². The molecule has 2 aromatic carbocycles. The highest BCUT2D eigenvalue weighted by molar-refractivity contribution is 5.95. The summed E-state index contributed by atoms with van der Waals surface area (Å²) in [5.74, 6) is -1.28. The molecule has 1 aliphatic heterocycles. The number of halogens is 3. The Morgan fingerprint density at radius 2 is 1.78 bits per heavy atom. The maximum Gasteiger partial charge on any atom is 0.391 e. The van der Waals surface area contributed by atoms with Gasteiger partial charge in [-0.3, -0.25) is 14.2 Å². The lowest BCUT2D eigenvalue weighted by Gasteiger charge is -2.36. The van der Waals surface area contributed by atoms with Crippen molar-refractivity contribution in [1.29, 1.82) is 0 Å². The van der Waals surface area contributed by atoms with Crippen LogP contribution in [0.1, 0.15) is 60.1 Å². The fourth-order valence-corrected chi connectivity index (χ4v) is 5.52. The van der Waals surface area contributed by atoms with E-state index in [0.717, 1.165) is 24.0 Å². The van der Waals surface area contributed by atoms with E-state index >= 15 is 0 Å². The van der Waals surface area contributed by atoms with Crippen molar-refractivity contribution in [1.82, 2.24) is 19.8 Å². The number of piperidine rings is 1. The van der Waals surface area contributed by atoms with Gasteiger partial charge >= 0.3 is 6.18 Å². The van der Waals surface area contributed by atoms with Crippen LogP contribution in [0.2, 0.25) is 0 Å². The Bertz CT molecular complexity index is 1410. The molecular formula is C31H36F3N5O2. The second-order valence-corrected chi connectivity index (χ2v) is 11.3. The SMILES string of the molecule is Cc1ccc(C(=O)NC2CC2)cc1-n1ccnc(N[C@@H](c2ccccc2)[C@H](C)CN2CCC(C(F)(F)F)CC2)c1=O. The molecule has 3 aromatic rings. The third-order valence-electron chi connectivity index (χ3n) is 8.10. The van der Waals surface area contributed by atoms with Gasteiger partial charge in [0.2, 0.25) is 0 Å². The predicted octanol–water partition coefficient (Wildman–Crippen LogP) is 5.50. The summed E-state index contributed by atoms with van der Waals surface area (Å²) in [4.78, 5) is 32.8. The quantitative estimate of drug-likeness (QED) is 0.357. The molecule has 7 nitrogen and oxygen atoms in total. The van der Waals surface area contributed by atoms with E-state index < -0.39 is 12.1 Å². The van der Waals surface area contributed by atoms with E-state index in [9.17, 15) is 22.8 Å². The van der Waals surface area contributed by atoms with E-state index in [1.807, 2.05) is 50.2 Å². The van der Waals surface area contributed by atoms with Crippen molar-refractivity contribution in [3.63, 3.8) is 0 Å². The third kappa shape index (κ3) is 6.98. The Morgan fingerprint density at radius 1 is 1.07 bits per heavy atom. The molecule has 2 N–H and O–H groups in total. The summed E-state index contributed by atoms with van der Waals surface area (Å²) in [6, 6.07) is 14.9. The molecule has 2 aliphatic rings. The summed E-state index contributed by atoms with van der Waals surface area (Å²) in [5, 5.41) is 6.34. The van der Waals surface area contributed by atoms with Crippen LogP contribution in [0.15, 0.2) is 65.7 Å². The Morgan fingerprint density at radius 3 is 2.44 bits per heavy atom. The molecule has 1 amide bonds. The number of nitrogens with one attached hydrogen (secondary N) is 2. The summed E-state index contributed by atoms with van der Waals surface area (Å²) >= 11 is 0. The molecule has 1 saturated carbocycles. The van der Waals surface area contributed by atoms with Crippen LogP contribution < -0.4 is 16.2 Å². The van der Waals surface area contributed by atoms with Gasteiger partial charge in [-0.15, -0.1) is 0 Å². The first kappa shape index (κ1) is 28.9. The molecule has 0 radical (unpaired) electrons. The highest BCUT2D eigenvalue weighted by atomic mass is 19.4. The zero-order valence-electron chi connectivity index (χ0n) is 23.3. The lowest BCUT2D eigenvalue weighted by atomic mass is 9.91. The number of carbonyl (C=O) groups excluding carboxylic acids is 1. The lowest BCUT2D eigenvalue weighted by molar-refractivity contribution is -0.185. The van der Waals surface area contributed by atoms with Gasteiger partial charge in [-0.2, -0.15) is 13.2 Å². The topological polar surface area (TPSA) is 79.3 Å². The molecule has 2 atom stereocenters. The van der Waals surface area contributed by atoms with Crippen molar-refractivity contribution in [2.75, 3.05) is 25.0 Å². The monoisotopic (exact) mass is 567 g/mol. The second kappa shape index (κ2) is 12.1. The van der Waals surface area contributed by atoms with Crippen LogP contribution in [-0.2, 0) is 0 Å². The van der Waals surface area contributed by atoms with Crippen LogP contribution in [0.5, 0.6) is 0 Å². The van der Waals surface area contributed by atoms with E-state index in [4.69, 9.17) is 0 Å². The van der Waals surface area contributed by atoms with E-state index in [1.54, 1.807) is 24.5 Å². The van der Waals surface area contributed by atoms with Crippen LogP contribution in [0.3, 0.4) is 0 Å². The van der Waals surface area contributed by atoms with Gasteiger partial charge in [-0.05, 0) is 74.9 Å². The molecule has 1 aromatic heterocycles. The zero-order chi connectivity index (χ0) is 29.1. The predicted molar refractivity (Wildman–Crippen MR) is 152 cm³/mol. The van der Waals surface area contributed by atoms with Gasteiger partial charge in [0.25, 0.3) is 11.5 Å². The first-order valence-electron chi connectivity index (χ1n) is 14.2. The number of benzene rings is 2. The smallest absolute Gasteiger partial charge is 0.358 e. The number of hydrogen-bond acceptors (Lipinski definition) is 5. The highest BCUT2D eigenvalue weighted by Crippen LogP contribution is 2.35. The van der Waals surface area contributed by atoms with E-state index in [0.29, 0.717) is 30.9 Å². The summed E-state index contributed by atoms with van der Waals surface area (Å²) < 4.78 is 41.0. The largest absolute Gasteiger partial charge is 0.391 e. The molecule has 1 aliphatic carbocycles.